The summed E-state index contributed by atoms with van der Waals surface area (Å²) in [5.41, 5.74) is 13.4. The smallest absolute Gasteiger partial charge is 0.138 e. The molecule has 0 aromatic heterocycles. The third kappa shape index (κ3) is 6.08. The molecule has 260 valence electrons. The SMILES string of the molecule is c1ccc(-c2ccc(N(c3ccc(-c4ccccc4)cc3)c3cc4c5c(cccc5c3)-c3ccc(N(c5ccccc5)c5ccccc5)cc3O4)cc2)cc1. The zero-order valence-electron chi connectivity index (χ0n) is 30.1. The summed E-state index contributed by atoms with van der Waals surface area (Å²) in [6.45, 7) is 0. The fourth-order valence-electron chi connectivity index (χ4n) is 7.80. The molecule has 0 N–H and O–H groups in total. The van der Waals surface area contributed by atoms with Gasteiger partial charge in [0.2, 0.25) is 0 Å². The van der Waals surface area contributed by atoms with Crippen LogP contribution in [0.5, 0.6) is 11.5 Å². The first kappa shape index (κ1) is 32.3. The Labute approximate surface area is 321 Å². The standard InChI is InChI=1S/C52H36N2O/c1-5-14-37(15-6-1)39-24-28-44(29-25-39)54(45-30-26-40(27-31-45)38-16-7-2-8-17-38)47-34-41-18-13-23-49-48-33-32-46(35-50(48)55-51(36-47)52(41)49)53(42-19-9-3-10-20-42)43-21-11-4-12-22-43/h1-36H. The summed E-state index contributed by atoms with van der Waals surface area (Å²) in [6, 6.07) is 77.3. The van der Waals surface area contributed by atoms with Crippen LogP contribution in [-0.2, 0) is 0 Å². The van der Waals surface area contributed by atoms with Gasteiger partial charge in [-0.25, -0.2) is 0 Å². The van der Waals surface area contributed by atoms with Crippen LogP contribution in [0.4, 0.5) is 34.1 Å². The van der Waals surface area contributed by atoms with E-state index in [1.165, 1.54) is 27.8 Å². The quantitative estimate of drug-likeness (QED) is 0.157. The van der Waals surface area contributed by atoms with E-state index in [2.05, 4.69) is 228 Å². The summed E-state index contributed by atoms with van der Waals surface area (Å²) >= 11 is 0. The van der Waals surface area contributed by atoms with Crippen LogP contribution in [0.2, 0.25) is 0 Å². The number of hydrogen-bond acceptors (Lipinski definition) is 3. The van der Waals surface area contributed by atoms with Crippen molar-refractivity contribution < 1.29 is 4.74 Å². The number of rotatable bonds is 8. The third-order valence-corrected chi connectivity index (χ3v) is 10.4. The number of ether oxygens (including phenoxy) is 1. The number of benzene rings is 9. The largest absolute Gasteiger partial charge is 0.456 e. The second-order valence-electron chi connectivity index (χ2n) is 13.8. The Morgan fingerprint density at radius 1 is 0.273 bits per heavy atom. The Morgan fingerprint density at radius 3 is 1.25 bits per heavy atom. The lowest BCUT2D eigenvalue weighted by atomic mass is 9.93. The summed E-state index contributed by atoms with van der Waals surface area (Å²) in [5, 5.41) is 2.25. The summed E-state index contributed by atoms with van der Waals surface area (Å²) in [6.07, 6.45) is 0. The lowest BCUT2D eigenvalue weighted by molar-refractivity contribution is 0.487. The predicted octanol–water partition coefficient (Wildman–Crippen LogP) is 14.9. The molecule has 9 aromatic carbocycles. The molecule has 0 saturated carbocycles. The Kier molecular flexibility index (Phi) is 8.16. The van der Waals surface area contributed by atoms with E-state index in [1.807, 2.05) is 0 Å². The normalized spacial score (nSPS) is 11.4. The van der Waals surface area contributed by atoms with Gasteiger partial charge in [-0.05, 0) is 99.9 Å². The van der Waals surface area contributed by atoms with E-state index in [1.54, 1.807) is 0 Å². The molecule has 0 amide bonds. The van der Waals surface area contributed by atoms with E-state index in [9.17, 15) is 0 Å². The molecule has 0 fully saturated rings. The Bertz CT molecular complexity index is 2630. The van der Waals surface area contributed by atoms with Crippen molar-refractivity contribution in [3.05, 3.63) is 218 Å². The summed E-state index contributed by atoms with van der Waals surface area (Å²) in [7, 11) is 0. The number of para-hydroxylation sites is 2. The zero-order chi connectivity index (χ0) is 36.6. The van der Waals surface area contributed by atoms with E-state index in [-0.39, 0.29) is 0 Å². The van der Waals surface area contributed by atoms with Crippen molar-refractivity contribution in [1.29, 1.82) is 0 Å². The molecule has 0 saturated heterocycles. The highest BCUT2D eigenvalue weighted by atomic mass is 16.5. The summed E-state index contributed by atoms with van der Waals surface area (Å²) in [4.78, 5) is 4.60. The van der Waals surface area contributed by atoms with Gasteiger partial charge in [-0.15, -0.1) is 0 Å². The van der Waals surface area contributed by atoms with Crippen LogP contribution in [0.1, 0.15) is 0 Å². The number of hydrogen-bond donors (Lipinski definition) is 0. The van der Waals surface area contributed by atoms with Crippen LogP contribution in [0.3, 0.4) is 0 Å². The molecule has 0 atom stereocenters. The van der Waals surface area contributed by atoms with Gasteiger partial charge in [-0.2, -0.15) is 0 Å². The molecule has 1 aliphatic rings. The second kappa shape index (κ2) is 13.9. The molecule has 55 heavy (non-hydrogen) atoms. The maximum absolute atomic E-state index is 6.98. The molecule has 0 bridgehead atoms. The number of fused-ring (bicyclic) bond motifs is 2. The first-order valence-corrected chi connectivity index (χ1v) is 18.7. The molecule has 10 rings (SSSR count). The van der Waals surface area contributed by atoms with Crippen molar-refractivity contribution >= 4 is 44.9 Å². The van der Waals surface area contributed by atoms with Gasteiger partial charge in [0, 0.05) is 51.5 Å². The van der Waals surface area contributed by atoms with Gasteiger partial charge in [-0.3, -0.25) is 0 Å². The maximum atomic E-state index is 6.98. The predicted molar refractivity (Wildman–Crippen MR) is 230 cm³/mol. The number of nitrogens with zero attached hydrogens (tertiary/aromatic N) is 2. The van der Waals surface area contributed by atoms with E-state index >= 15 is 0 Å². The zero-order valence-corrected chi connectivity index (χ0v) is 30.1. The maximum Gasteiger partial charge on any atom is 0.138 e. The summed E-state index contributed by atoms with van der Waals surface area (Å²) < 4.78 is 6.98. The lowest BCUT2D eigenvalue weighted by Gasteiger charge is -2.30. The van der Waals surface area contributed by atoms with Crippen molar-refractivity contribution in [1.82, 2.24) is 0 Å². The van der Waals surface area contributed by atoms with Crippen LogP contribution in [-0.4, -0.2) is 0 Å². The fraction of sp³-hybridized carbons (Fsp3) is 0. The topological polar surface area (TPSA) is 15.7 Å². The monoisotopic (exact) mass is 704 g/mol. The Balaban J connectivity index is 1.09. The van der Waals surface area contributed by atoms with E-state index in [4.69, 9.17) is 4.74 Å². The van der Waals surface area contributed by atoms with E-state index < -0.39 is 0 Å². The molecule has 3 heteroatoms. The van der Waals surface area contributed by atoms with Gasteiger partial charge in [0.05, 0.1) is 5.69 Å². The average Bonchev–Trinajstić information content (AvgIpc) is 3.26. The Hall–Kier alpha value is -7.36. The second-order valence-corrected chi connectivity index (χ2v) is 13.8. The highest BCUT2D eigenvalue weighted by Gasteiger charge is 2.25. The first-order chi connectivity index (χ1) is 27.3. The molecule has 0 aliphatic carbocycles. The van der Waals surface area contributed by atoms with E-state index in [0.29, 0.717) is 0 Å². The van der Waals surface area contributed by atoms with E-state index in [0.717, 1.165) is 62.0 Å². The van der Waals surface area contributed by atoms with Gasteiger partial charge in [0.25, 0.3) is 0 Å². The minimum absolute atomic E-state index is 0.831. The number of anilines is 6. The first-order valence-electron chi connectivity index (χ1n) is 18.7. The molecular formula is C52H36N2O. The van der Waals surface area contributed by atoms with Crippen LogP contribution in [0.25, 0.3) is 44.2 Å². The molecule has 0 spiro atoms. The van der Waals surface area contributed by atoms with Crippen molar-refractivity contribution in [2.75, 3.05) is 9.80 Å². The van der Waals surface area contributed by atoms with Crippen molar-refractivity contribution in [2.24, 2.45) is 0 Å². The van der Waals surface area contributed by atoms with Gasteiger partial charge >= 0.3 is 0 Å². The minimum Gasteiger partial charge on any atom is -0.456 e. The molecule has 0 radical (unpaired) electrons. The van der Waals surface area contributed by atoms with Gasteiger partial charge in [0.15, 0.2) is 0 Å². The summed E-state index contributed by atoms with van der Waals surface area (Å²) in [5.74, 6) is 1.67. The van der Waals surface area contributed by atoms with Gasteiger partial charge in [-0.1, -0.05) is 140 Å². The van der Waals surface area contributed by atoms with Crippen LogP contribution in [0, 0.1) is 0 Å². The molecule has 3 nitrogen and oxygen atoms in total. The van der Waals surface area contributed by atoms with Crippen molar-refractivity contribution in [3.8, 4) is 44.9 Å². The van der Waals surface area contributed by atoms with Gasteiger partial charge in [0.1, 0.15) is 11.5 Å². The highest BCUT2D eigenvalue weighted by molar-refractivity contribution is 6.06. The third-order valence-electron chi connectivity index (χ3n) is 10.4. The average molecular weight is 705 g/mol. The molecule has 0 unspecified atom stereocenters. The molecule has 1 heterocycles. The molecule has 9 aromatic rings. The Morgan fingerprint density at radius 2 is 0.709 bits per heavy atom. The van der Waals surface area contributed by atoms with Crippen LogP contribution >= 0.6 is 0 Å². The van der Waals surface area contributed by atoms with Crippen LogP contribution < -0.4 is 14.5 Å². The van der Waals surface area contributed by atoms with Crippen molar-refractivity contribution in [3.63, 3.8) is 0 Å². The molecule has 1 aliphatic heterocycles. The fourth-order valence-corrected chi connectivity index (χ4v) is 7.80. The molecular weight excluding hydrogens is 669 g/mol. The lowest BCUT2D eigenvalue weighted by Crippen LogP contribution is -2.11. The minimum atomic E-state index is 0.831. The van der Waals surface area contributed by atoms with Crippen LogP contribution in [0.15, 0.2) is 218 Å². The van der Waals surface area contributed by atoms with Gasteiger partial charge < -0.3 is 14.5 Å². The highest BCUT2D eigenvalue weighted by Crippen LogP contribution is 2.51. The van der Waals surface area contributed by atoms with Crippen molar-refractivity contribution in [2.45, 2.75) is 0 Å².